The highest BCUT2D eigenvalue weighted by atomic mass is 16.7. The second kappa shape index (κ2) is 57.2. The molecule has 0 radical (unpaired) electrons. The standard InChI is InChI=1S/C65H125NO8/c1-6-8-10-12-14-16-18-20-22-24-25-26-27-28-29-30-31-32-33-34-35-36-37-38-40-41-43-45-47-49-51-53-55-62(67)72-59-61(60-73-65(64(69)70)71-58-57-66(3,4)5)74-63(68)56-54-52-50-48-46-44-42-39-23-21-19-17-15-13-11-9-7-2/h21,23,61,65H,6-20,22,24-60H2,1-5H3/p+1/b23-21-. The Morgan fingerprint density at radius 1 is 0.392 bits per heavy atom. The molecule has 438 valence electrons. The fraction of sp³-hybridized carbons (Fsp3) is 0.923. The van der Waals surface area contributed by atoms with Crippen molar-refractivity contribution in [3.63, 3.8) is 0 Å². The summed E-state index contributed by atoms with van der Waals surface area (Å²) >= 11 is 0. The van der Waals surface area contributed by atoms with Gasteiger partial charge in [-0.15, -0.1) is 0 Å². The van der Waals surface area contributed by atoms with Crippen molar-refractivity contribution in [2.45, 2.75) is 341 Å². The van der Waals surface area contributed by atoms with Crippen molar-refractivity contribution in [1.29, 1.82) is 0 Å². The first-order valence-electron chi connectivity index (χ1n) is 32.4. The lowest BCUT2D eigenvalue weighted by Gasteiger charge is -2.25. The molecule has 0 rings (SSSR count). The molecule has 2 atom stereocenters. The molecule has 74 heavy (non-hydrogen) atoms. The smallest absolute Gasteiger partial charge is 0.361 e. The lowest BCUT2D eigenvalue weighted by molar-refractivity contribution is -0.870. The monoisotopic (exact) mass is 1050 g/mol. The van der Waals surface area contributed by atoms with Crippen LogP contribution in [0.5, 0.6) is 0 Å². The third-order valence-corrected chi connectivity index (χ3v) is 14.8. The van der Waals surface area contributed by atoms with Crippen LogP contribution in [0.3, 0.4) is 0 Å². The molecule has 0 bridgehead atoms. The minimum atomic E-state index is -1.51. The average Bonchev–Trinajstić information content (AvgIpc) is 3.37. The van der Waals surface area contributed by atoms with Crippen LogP contribution in [0.25, 0.3) is 0 Å². The first kappa shape index (κ1) is 72.0. The van der Waals surface area contributed by atoms with Gasteiger partial charge in [-0.25, -0.2) is 4.79 Å². The average molecular weight is 1050 g/mol. The number of carbonyl (C=O) groups excluding carboxylic acids is 2. The zero-order valence-electron chi connectivity index (χ0n) is 50.0. The summed E-state index contributed by atoms with van der Waals surface area (Å²) in [6.07, 6.45) is 64.7. The van der Waals surface area contributed by atoms with E-state index in [1.54, 1.807) is 0 Å². The van der Waals surface area contributed by atoms with Gasteiger partial charge in [0.05, 0.1) is 34.4 Å². The van der Waals surface area contributed by atoms with E-state index in [1.165, 1.54) is 250 Å². The van der Waals surface area contributed by atoms with E-state index in [4.69, 9.17) is 18.9 Å². The molecule has 0 aromatic heterocycles. The summed E-state index contributed by atoms with van der Waals surface area (Å²) < 4.78 is 22.9. The number of unbranched alkanes of at least 4 members (excludes halogenated alkanes) is 44. The van der Waals surface area contributed by atoms with Gasteiger partial charge in [-0.3, -0.25) is 9.59 Å². The highest BCUT2D eigenvalue weighted by Crippen LogP contribution is 2.18. The summed E-state index contributed by atoms with van der Waals surface area (Å²) in [6.45, 7) is 4.93. The molecule has 0 fully saturated rings. The van der Waals surface area contributed by atoms with Gasteiger partial charge in [-0.05, 0) is 38.5 Å². The largest absolute Gasteiger partial charge is 0.477 e. The molecule has 0 saturated heterocycles. The number of esters is 2. The number of aliphatic carboxylic acids is 1. The lowest BCUT2D eigenvalue weighted by atomic mass is 10.0. The van der Waals surface area contributed by atoms with Crippen LogP contribution in [0.1, 0.15) is 328 Å². The summed E-state index contributed by atoms with van der Waals surface area (Å²) in [5.41, 5.74) is 0. The third kappa shape index (κ3) is 57.7. The van der Waals surface area contributed by atoms with E-state index in [-0.39, 0.29) is 32.2 Å². The van der Waals surface area contributed by atoms with Gasteiger partial charge in [0, 0.05) is 12.8 Å². The maximum Gasteiger partial charge on any atom is 0.361 e. The Balaban J connectivity index is 4.02. The molecule has 0 aliphatic heterocycles. The number of hydrogen-bond acceptors (Lipinski definition) is 7. The molecule has 0 aliphatic rings. The molecule has 0 heterocycles. The Morgan fingerprint density at radius 2 is 0.689 bits per heavy atom. The molecule has 0 aromatic carbocycles. The highest BCUT2D eigenvalue weighted by molar-refractivity contribution is 5.71. The van der Waals surface area contributed by atoms with Crippen molar-refractivity contribution < 1.29 is 42.9 Å². The number of carboxylic acids is 1. The number of carboxylic acid groups (broad SMARTS) is 1. The third-order valence-electron chi connectivity index (χ3n) is 14.8. The topological polar surface area (TPSA) is 108 Å². The van der Waals surface area contributed by atoms with Crippen LogP contribution in [0.2, 0.25) is 0 Å². The van der Waals surface area contributed by atoms with Gasteiger partial charge in [-0.2, -0.15) is 0 Å². The normalized spacial score (nSPS) is 12.7. The van der Waals surface area contributed by atoms with Gasteiger partial charge >= 0.3 is 17.9 Å². The SMILES string of the molecule is CCCCCCCC/C=C\CCCCCCCCCC(=O)OC(COC(=O)CCCCCCCCCCCCCCCCCCCCCCCCCCCCCCCCCC)COC(OCC[N+](C)(C)C)C(=O)O. The minimum absolute atomic E-state index is 0.177. The molecule has 2 unspecified atom stereocenters. The van der Waals surface area contributed by atoms with Gasteiger partial charge in [0.25, 0.3) is 6.29 Å². The Morgan fingerprint density at radius 3 is 1.00 bits per heavy atom. The molecule has 0 spiro atoms. The molecular weight excluding hydrogens is 923 g/mol. The van der Waals surface area contributed by atoms with E-state index in [2.05, 4.69) is 26.0 Å². The van der Waals surface area contributed by atoms with Crippen molar-refractivity contribution >= 4 is 17.9 Å². The molecule has 0 saturated carbocycles. The number of rotatable bonds is 61. The van der Waals surface area contributed by atoms with Crippen LogP contribution in [-0.2, 0) is 33.3 Å². The number of likely N-dealkylation sites (N-methyl/N-ethyl adjacent to an activating group) is 1. The maximum atomic E-state index is 12.9. The summed E-state index contributed by atoms with van der Waals surface area (Å²) in [7, 11) is 5.98. The van der Waals surface area contributed by atoms with Gasteiger partial charge in [-0.1, -0.05) is 289 Å². The molecule has 0 amide bonds. The highest BCUT2D eigenvalue weighted by Gasteiger charge is 2.25. The zero-order valence-corrected chi connectivity index (χ0v) is 50.0. The lowest BCUT2D eigenvalue weighted by Crippen LogP contribution is -2.40. The first-order chi connectivity index (χ1) is 36.1. The summed E-state index contributed by atoms with van der Waals surface area (Å²) in [5, 5.41) is 9.71. The fourth-order valence-corrected chi connectivity index (χ4v) is 9.78. The summed E-state index contributed by atoms with van der Waals surface area (Å²) in [5.74, 6) is -1.98. The molecular formula is C65H126NO8+. The van der Waals surface area contributed by atoms with E-state index < -0.39 is 24.3 Å². The molecule has 1 N–H and O–H groups in total. The van der Waals surface area contributed by atoms with E-state index in [0.29, 0.717) is 17.4 Å². The molecule has 9 heteroatoms. The predicted octanol–water partition coefficient (Wildman–Crippen LogP) is 19.3. The summed E-state index contributed by atoms with van der Waals surface area (Å²) in [4.78, 5) is 37.5. The first-order valence-corrected chi connectivity index (χ1v) is 32.4. The van der Waals surface area contributed by atoms with Crippen molar-refractivity contribution in [2.75, 3.05) is 47.5 Å². The van der Waals surface area contributed by atoms with E-state index in [9.17, 15) is 19.5 Å². The maximum absolute atomic E-state index is 12.9. The number of quaternary nitrogens is 1. The van der Waals surface area contributed by atoms with Gasteiger partial charge < -0.3 is 28.5 Å². The van der Waals surface area contributed by atoms with E-state index >= 15 is 0 Å². The van der Waals surface area contributed by atoms with Crippen molar-refractivity contribution in [2.24, 2.45) is 0 Å². The fourth-order valence-electron chi connectivity index (χ4n) is 9.78. The van der Waals surface area contributed by atoms with E-state index in [0.717, 1.165) is 51.4 Å². The molecule has 0 aromatic rings. The van der Waals surface area contributed by atoms with Crippen molar-refractivity contribution in [3.05, 3.63) is 12.2 Å². The van der Waals surface area contributed by atoms with E-state index in [1.807, 2.05) is 21.1 Å². The molecule has 0 aliphatic carbocycles. The molecule has 9 nitrogen and oxygen atoms in total. The van der Waals surface area contributed by atoms with Crippen LogP contribution in [0.15, 0.2) is 12.2 Å². The van der Waals surface area contributed by atoms with Crippen LogP contribution in [-0.4, -0.2) is 87.4 Å². The zero-order chi connectivity index (χ0) is 54.1. The quantitative estimate of drug-likeness (QED) is 0.0211. The van der Waals surface area contributed by atoms with Crippen LogP contribution < -0.4 is 0 Å². The van der Waals surface area contributed by atoms with Crippen molar-refractivity contribution in [1.82, 2.24) is 0 Å². The predicted molar refractivity (Wildman–Crippen MR) is 314 cm³/mol. The second-order valence-electron chi connectivity index (χ2n) is 23.4. The minimum Gasteiger partial charge on any atom is -0.477 e. The van der Waals surface area contributed by atoms with Gasteiger partial charge in [0.15, 0.2) is 6.10 Å². The Kier molecular flexibility index (Phi) is 55.7. The van der Waals surface area contributed by atoms with Gasteiger partial charge in [0.1, 0.15) is 13.2 Å². The number of carbonyl (C=O) groups is 3. The van der Waals surface area contributed by atoms with Gasteiger partial charge in [0.2, 0.25) is 0 Å². The number of nitrogens with zero attached hydrogens (tertiary/aromatic N) is 1. The number of allylic oxidation sites excluding steroid dienone is 2. The Bertz CT molecular complexity index is 1220. The summed E-state index contributed by atoms with van der Waals surface area (Å²) in [6, 6.07) is 0. The second-order valence-corrected chi connectivity index (χ2v) is 23.4. The van der Waals surface area contributed by atoms with Crippen LogP contribution in [0.4, 0.5) is 0 Å². The van der Waals surface area contributed by atoms with Crippen LogP contribution in [0, 0.1) is 0 Å². The van der Waals surface area contributed by atoms with Crippen molar-refractivity contribution in [3.8, 4) is 0 Å². The Labute approximate surface area is 459 Å². The van der Waals surface area contributed by atoms with Crippen LogP contribution >= 0.6 is 0 Å². The number of hydrogen-bond donors (Lipinski definition) is 1. The number of ether oxygens (including phenoxy) is 4. The Hall–Kier alpha value is -1.97.